The van der Waals surface area contributed by atoms with Crippen LogP contribution in [0.1, 0.15) is 35.3 Å². The maximum atomic E-state index is 13.4. The highest BCUT2D eigenvalue weighted by Crippen LogP contribution is 2.24. The smallest absolute Gasteiger partial charge is 0.256 e. The zero-order valence-electron chi connectivity index (χ0n) is 18.7. The van der Waals surface area contributed by atoms with Crippen LogP contribution in [0.4, 0.5) is 5.69 Å². The van der Waals surface area contributed by atoms with Gasteiger partial charge in [-0.25, -0.2) is 0 Å². The molecule has 3 rings (SSSR count). The zero-order valence-corrected chi connectivity index (χ0v) is 18.7. The van der Waals surface area contributed by atoms with Crippen molar-refractivity contribution in [2.24, 2.45) is 0 Å². The Bertz CT molecular complexity index is 1090. The van der Waals surface area contributed by atoms with E-state index in [1.54, 1.807) is 30.2 Å². The summed E-state index contributed by atoms with van der Waals surface area (Å²) in [6.45, 7) is 5.08. The second kappa shape index (κ2) is 11.0. The van der Waals surface area contributed by atoms with Crippen LogP contribution < -0.4 is 10.1 Å². The third-order valence-electron chi connectivity index (χ3n) is 5.21. The SMILES string of the molecule is CCN(CC)C(=O)c1ccccc1NC(=O)C(=Cc1ccc(OC)cc1)c1ccccc1. The first kappa shape index (κ1) is 22.8. The molecule has 5 heteroatoms. The van der Waals surface area contributed by atoms with Crippen molar-refractivity contribution < 1.29 is 14.3 Å². The highest BCUT2D eigenvalue weighted by Gasteiger charge is 2.19. The molecule has 2 amide bonds. The molecule has 0 radical (unpaired) electrons. The van der Waals surface area contributed by atoms with Crippen molar-refractivity contribution in [3.63, 3.8) is 0 Å². The van der Waals surface area contributed by atoms with Gasteiger partial charge in [-0.3, -0.25) is 9.59 Å². The standard InChI is InChI=1S/C27H28N2O3/c1-4-29(5-2)27(31)23-13-9-10-14-25(23)28-26(30)24(21-11-7-6-8-12-21)19-20-15-17-22(32-3)18-16-20/h6-19H,4-5H2,1-3H3,(H,28,30). The molecule has 32 heavy (non-hydrogen) atoms. The van der Waals surface area contributed by atoms with Gasteiger partial charge in [0.15, 0.2) is 0 Å². The van der Waals surface area contributed by atoms with Crippen LogP contribution in [0.15, 0.2) is 78.9 Å². The van der Waals surface area contributed by atoms with Gasteiger partial charge in [0.05, 0.1) is 18.4 Å². The van der Waals surface area contributed by atoms with Gasteiger partial charge in [0.25, 0.3) is 11.8 Å². The maximum absolute atomic E-state index is 13.4. The van der Waals surface area contributed by atoms with E-state index in [-0.39, 0.29) is 11.8 Å². The van der Waals surface area contributed by atoms with Gasteiger partial charge in [0, 0.05) is 18.7 Å². The molecule has 0 unspecified atom stereocenters. The average Bonchev–Trinajstić information content (AvgIpc) is 2.84. The minimum Gasteiger partial charge on any atom is -0.497 e. The Labute approximate surface area is 189 Å². The molecule has 3 aromatic rings. The molecule has 0 bridgehead atoms. The van der Waals surface area contributed by atoms with Crippen molar-refractivity contribution >= 4 is 29.2 Å². The number of carbonyl (C=O) groups excluding carboxylic acids is 2. The fraction of sp³-hybridized carbons (Fsp3) is 0.185. The van der Waals surface area contributed by atoms with Gasteiger partial charge in [-0.2, -0.15) is 0 Å². The molecule has 0 spiro atoms. The van der Waals surface area contributed by atoms with E-state index in [1.165, 1.54) is 0 Å². The third kappa shape index (κ3) is 5.43. The fourth-order valence-corrected chi connectivity index (χ4v) is 3.41. The molecule has 0 fully saturated rings. The van der Waals surface area contributed by atoms with Gasteiger partial charge in [-0.15, -0.1) is 0 Å². The second-order valence-corrected chi connectivity index (χ2v) is 7.17. The molecule has 5 nitrogen and oxygen atoms in total. The molecule has 0 saturated carbocycles. The van der Waals surface area contributed by atoms with Gasteiger partial charge in [0.1, 0.15) is 5.75 Å². The summed E-state index contributed by atoms with van der Waals surface area (Å²) in [4.78, 5) is 28.1. The summed E-state index contributed by atoms with van der Waals surface area (Å²) in [7, 11) is 1.62. The molecule has 164 valence electrons. The average molecular weight is 429 g/mol. The second-order valence-electron chi connectivity index (χ2n) is 7.17. The van der Waals surface area contributed by atoms with Crippen molar-refractivity contribution in [1.82, 2.24) is 4.90 Å². The number of carbonyl (C=O) groups is 2. The number of nitrogens with one attached hydrogen (secondary N) is 1. The van der Waals surface area contributed by atoms with Crippen LogP contribution in [-0.4, -0.2) is 36.9 Å². The van der Waals surface area contributed by atoms with Crippen LogP contribution in [0.3, 0.4) is 0 Å². The molecule has 0 saturated heterocycles. The molecule has 0 atom stereocenters. The number of nitrogens with zero attached hydrogens (tertiary/aromatic N) is 1. The van der Waals surface area contributed by atoms with E-state index in [0.29, 0.717) is 29.9 Å². The zero-order chi connectivity index (χ0) is 22.9. The van der Waals surface area contributed by atoms with E-state index >= 15 is 0 Å². The first-order valence-electron chi connectivity index (χ1n) is 10.7. The van der Waals surface area contributed by atoms with Crippen molar-refractivity contribution in [2.75, 3.05) is 25.5 Å². The minimum atomic E-state index is -0.285. The normalized spacial score (nSPS) is 11.0. The highest BCUT2D eigenvalue weighted by molar-refractivity contribution is 6.29. The van der Waals surface area contributed by atoms with E-state index < -0.39 is 0 Å². The molecule has 0 aliphatic carbocycles. The lowest BCUT2D eigenvalue weighted by molar-refractivity contribution is -0.111. The Morgan fingerprint density at radius 1 is 0.875 bits per heavy atom. The summed E-state index contributed by atoms with van der Waals surface area (Å²) in [5.74, 6) is 0.356. The molecular formula is C27H28N2O3. The number of anilines is 1. The summed E-state index contributed by atoms with van der Waals surface area (Å²) in [6, 6.07) is 24.1. The van der Waals surface area contributed by atoms with E-state index in [9.17, 15) is 9.59 Å². The van der Waals surface area contributed by atoms with Gasteiger partial charge in [0.2, 0.25) is 0 Å². The van der Waals surface area contributed by atoms with Crippen LogP contribution in [0.5, 0.6) is 5.75 Å². The van der Waals surface area contributed by atoms with Crippen LogP contribution in [0.2, 0.25) is 0 Å². The topological polar surface area (TPSA) is 58.6 Å². The Kier molecular flexibility index (Phi) is 7.81. The quantitative estimate of drug-likeness (QED) is 0.388. The van der Waals surface area contributed by atoms with E-state index in [4.69, 9.17) is 4.74 Å². The predicted octanol–water partition coefficient (Wildman–Crippen LogP) is 5.36. The van der Waals surface area contributed by atoms with E-state index in [1.807, 2.05) is 80.6 Å². The number of hydrogen-bond acceptors (Lipinski definition) is 3. The van der Waals surface area contributed by atoms with Crippen LogP contribution >= 0.6 is 0 Å². The molecule has 3 aromatic carbocycles. The van der Waals surface area contributed by atoms with Gasteiger partial charge in [-0.1, -0.05) is 54.6 Å². The van der Waals surface area contributed by atoms with Crippen molar-refractivity contribution in [3.05, 3.63) is 95.6 Å². The monoisotopic (exact) mass is 428 g/mol. The molecule has 1 N–H and O–H groups in total. The van der Waals surface area contributed by atoms with Crippen LogP contribution in [0, 0.1) is 0 Å². The van der Waals surface area contributed by atoms with Crippen LogP contribution in [0.25, 0.3) is 11.6 Å². The van der Waals surface area contributed by atoms with E-state index in [0.717, 1.165) is 16.9 Å². The molecule has 0 aromatic heterocycles. The number of ether oxygens (including phenoxy) is 1. The Balaban J connectivity index is 1.97. The summed E-state index contributed by atoms with van der Waals surface area (Å²) >= 11 is 0. The molecule has 0 heterocycles. The summed E-state index contributed by atoms with van der Waals surface area (Å²) in [6.07, 6.45) is 1.83. The van der Waals surface area contributed by atoms with Crippen molar-refractivity contribution in [3.8, 4) is 5.75 Å². The number of hydrogen-bond donors (Lipinski definition) is 1. The third-order valence-corrected chi connectivity index (χ3v) is 5.21. The fourth-order valence-electron chi connectivity index (χ4n) is 3.41. The highest BCUT2D eigenvalue weighted by atomic mass is 16.5. The maximum Gasteiger partial charge on any atom is 0.256 e. The number of benzene rings is 3. The predicted molar refractivity (Wildman–Crippen MR) is 130 cm³/mol. The molecular weight excluding hydrogens is 400 g/mol. The Hall–Kier alpha value is -3.86. The van der Waals surface area contributed by atoms with Crippen molar-refractivity contribution in [2.45, 2.75) is 13.8 Å². The lowest BCUT2D eigenvalue weighted by atomic mass is 10.0. The number of amides is 2. The molecule has 0 aliphatic heterocycles. The first-order valence-corrected chi connectivity index (χ1v) is 10.7. The van der Waals surface area contributed by atoms with Crippen molar-refractivity contribution in [1.29, 1.82) is 0 Å². The summed E-state index contributed by atoms with van der Waals surface area (Å²) in [5.41, 5.74) is 3.12. The van der Waals surface area contributed by atoms with Gasteiger partial charge in [-0.05, 0) is 55.3 Å². The van der Waals surface area contributed by atoms with Gasteiger partial charge >= 0.3 is 0 Å². The van der Waals surface area contributed by atoms with E-state index in [2.05, 4.69) is 5.32 Å². The molecule has 0 aliphatic rings. The van der Waals surface area contributed by atoms with Crippen LogP contribution in [-0.2, 0) is 4.79 Å². The largest absolute Gasteiger partial charge is 0.497 e. The Morgan fingerprint density at radius 2 is 1.50 bits per heavy atom. The Morgan fingerprint density at radius 3 is 2.12 bits per heavy atom. The number of methoxy groups -OCH3 is 1. The van der Waals surface area contributed by atoms with Gasteiger partial charge < -0.3 is 15.0 Å². The number of para-hydroxylation sites is 1. The first-order chi connectivity index (χ1) is 15.6. The minimum absolute atomic E-state index is 0.105. The summed E-state index contributed by atoms with van der Waals surface area (Å²) < 4.78 is 5.22. The lowest BCUT2D eigenvalue weighted by Gasteiger charge is -2.20. The lowest BCUT2D eigenvalue weighted by Crippen LogP contribution is -2.31. The summed E-state index contributed by atoms with van der Waals surface area (Å²) in [5, 5.41) is 2.96. The number of rotatable bonds is 8.